The first-order valence-corrected chi connectivity index (χ1v) is 11.6. The fourth-order valence-electron chi connectivity index (χ4n) is 4.23. The second kappa shape index (κ2) is 8.95. The molecular formula is C26H30N6O2. The molecule has 0 saturated carbocycles. The number of H-pyrrole nitrogens is 2. The third kappa shape index (κ3) is 4.82. The van der Waals surface area contributed by atoms with Crippen LogP contribution in [0.4, 0.5) is 0 Å². The quantitative estimate of drug-likeness (QED) is 0.462. The van der Waals surface area contributed by atoms with Gasteiger partial charge in [0.05, 0.1) is 23.3 Å². The number of nitrogens with one attached hydrogen (secondary N) is 2. The average molecular weight is 459 g/mol. The van der Waals surface area contributed by atoms with E-state index in [1.807, 2.05) is 74.2 Å². The number of benzene rings is 2. The Hall–Kier alpha value is -3.65. The first-order valence-electron chi connectivity index (χ1n) is 11.6. The number of imidazole rings is 1. The second-order valence-electron chi connectivity index (χ2n) is 9.78. The van der Waals surface area contributed by atoms with Gasteiger partial charge >= 0.3 is 0 Å². The van der Waals surface area contributed by atoms with Crippen LogP contribution in [0.1, 0.15) is 26.6 Å². The molecule has 34 heavy (non-hydrogen) atoms. The number of fused-ring (bicyclic) bond motifs is 1. The van der Waals surface area contributed by atoms with Gasteiger partial charge in [-0.1, -0.05) is 20.8 Å². The molecule has 2 aromatic carbocycles. The van der Waals surface area contributed by atoms with Crippen molar-refractivity contribution in [3.05, 3.63) is 60.6 Å². The van der Waals surface area contributed by atoms with E-state index in [-0.39, 0.29) is 11.3 Å². The number of amides is 1. The minimum atomic E-state index is -0.331. The topological polar surface area (TPSA) is 90.1 Å². The normalized spacial score (nSPS) is 15.1. The first-order chi connectivity index (χ1) is 16.3. The van der Waals surface area contributed by atoms with E-state index in [0.29, 0.717) is 0 Å². The van der Waals surface area contributed by atoms with Crippen LogP contribution < -0.4 is 4.74 Å². The van der Waals surface area contributed by atoms with E-state index in [1.165, 1.54) is 0 Å². The van der Waals surface area contributed by atoms with Crippen LogP contribution in [0.5, 0.6) is 11.5 Å². The number of aromatic nitrogens is 4. The molecule has 4 aromatic rings. The molecule has 1 aliphatic rings. The maximum atomic E-state index is 12.5. The summed E-state index contributed by atoms with van der Waals surface area (Å²) >= 11 is 0. The summed E-state index contributed by atoms with van der Waals surface area (Å²) in [6.45, 7) is 9.88. The van der Waals surface area contributed by atoms with E-state index in [0.717, 1.165) is 72.3 Å². The van der Waals surface area contributed by atoms with Crippen molar-refractivity contribution in [3.8, 4) is 22.8 Å². The van der Waals surface area contributed by atoms with E-state index < -0.39 is 0 Å². The smallest absolute Gasteiger partial charge is 0.228 e. The monoisotopic (exact) mass is 458 g/mol. The number of carbonyl (C=O) groups excluding carboxylic acids is 1. The number of piperazine rings is 1. The van der Waals surface area contributed by atoms with Crippen molar-refractivity contribution in [2.24, 2.45) is 5.41 Å². The Kier molecular flexibility index (Phi) is 5.83. The molecule has 0 radical (unpaired) electrons. The Morgan fingerprint density at radius 2 is 1.74 bits per heavy atom. The molecular weight excluding hydrogens is 428 g/mol. The van der Waals surface area contributed by atoms with Gasteiger partial charge in [0, 0.05) is 43.9 Å². The lowest BCUT2D eigenvalue weighted by Gasteiger charge is -2.37. The molecule has 1 aliphatic heterocycles. The van der Waals surface area contributed by atoms with Crippen LogP contribution >= 0.6 is 0 Å². The molecule has 1 fully saturated rings. The molecule has 176 valence electrons. The Morgan fingerprint density at radius 3 is 2.41 bits per heavy atom. The minimum absolute atomic E-state index is 0.222. The number of hydrogen-bond donors (Lipinski definition) is 2. The van der Waals surface area contributed by atoms with Crippen LogP contribution in [0.3, 0.4) is 0 Å². The van der Waals surface area contributed by atoms with Gasteiger partial charge in [0.1, 0.15) is 17.3 Å². The summed E-state index contributed by atoms with van der Waals surface area (Å²) in [5.41, 5.74) is 3.56. The van der Waals surface area contributed by atoms with Gasteiger partial charge in [0.15, 0.2) is 0 Å². The Morgan fingerprint density at radius 1 is 1.00 bits per heavy atom. The van der Waals surface area contributed by atoms with Gasteiger partial charge in [-0.3, -0.25) is 14.8 Å². The lowest BCUT2D eigenvalue weighted by atomic mass is 9.94. The maximum Gasteiger partial charge on any atom is 0.228 e. The number of nitrogens with zero attached hydrogens (tertiary/aromatic N) is 4. The molecule has 2 N–H and O–H groups in total. The van der Waals surface area contributed by atoms with Crippen molar-refractivity contribution in [1.29, 1.82) is 0 Å². The fraction of sp³-hybridized carbons (Fsp3) is 0.346. The van der Waals surface area contributed by atoms with E-state index in [4.69, 9.17) is 9.72 Å². The third-order valence-corrected chi connectivity index (χ3v) is 6.08. The standard InChI is InChI=1S/C26H30N6O2/c1-26(2,3)25(33)32-14-12-31(13-15-32)17-24-28-22-9-8-20(16-23(22)29-24)34-19-6-4-18(5-7-19)21-10-11-27-30-21/h4-11,16H,12-15,17H2,1-3H3,(H,27,30)(H,28,29). The summed E-state index contributed by atoms with van der Waals surface area (Å²) < 4.78 is 6.06. The molecule has 0 bridgehead atoms. The summed E-state index contributed by atoms with van der Waals surface area (Å²) in [4.78, 5) is 25.0. The van der Waals surface area contributed by atoms with Crippen molar-refractivity contribution >= 4 is 16.9 Å². The van der Waals surface area contributed by atoms with Gasteiger partial charge in [-0.25, -0.2) is 4.98 Å². The Balaban J connectivity index is 1.21. The van der Waals surface area contributed by atoms with Gasteiger partial charge in [0.25, 0.3) is 0 Å². The van der Waals surface area contributed by atoms with E-state index >= 15 is 0 Å². The fourth-order valence-corrected chi connectivity index (χ4v) is 4.23. The maximum absolute atomic E-state index is 12.5. The van der Waals surface area contributed by atoms with Gasteiger partial charge in [-0.05, 0) is 48.0 Å². The molecule has 0 aliphatic carbocycles. The summed E-state index contributed by atoms with van der Waals surface area (Å²) in [6, 6.07) is 15.7. The lowest BCUT2D eigenvalue weighted by Crippen LogP contribution is -2.51. The van der Waals surface area contributed by atoms with Crippen LogP contribution in [-0.4, -0.2) is 62.1 Å². The van der Waals surface area contributed by atoms with Gasteiger partial charge in [-0.15, -0.1) is 0 Å². The van der Waals surface area contributed by atoms with E-state index in [9.17, 15) is 4.79 Å². The van der Waals surface area contributed by atoms with Crippen LogP contribution in [0, 0.1) is 5.41 Å². The highest BCUT2D eigenvalue weighted by Crippen LogP contribution is 2.27. The van der Waals surface area contributed by atoms with Crippen LogP contribution in [0.2, 0.25) is 0 Å². The number of hydrogen-bond acceptors (Lipinski definition) is 5. The lowest BCUT2D eigenvalue weighted by molar-refractivity contribution is -0.141. The van der Waals surface area contributed by atoms with Crippen molar-refractivity contribution in [1.82, 2.24) is 30.0 Å². The highest BCUT2D eigenvalue weighted by molar-refractivity contribution is 5.81. The minimum Gasteiger partial charge on any atom is -0.457 e. The van der Waals surface area contributed by atoms with Crippen LogP contribution in [-0.2, 0) is 11.3 Å². The highest BCUT2D eigenvalue weighted by atomic mass is 16.5. The molecule has 0 unspecified atom stereocenters. The SMILES string of the molecule is CC(C)(C)C(=O)N1CCN(Cc2nc3ccc(Oc4ccc(-c5ccn[nH]5)cc4)cc3[nH]2)CC1. The summed E-state index contributed by atoms with van der Waals surface area (Å²) in [5, 5.41) is 6.96. The second-order valence-corrected chi connectivity index (χ2v) is 9.78. The van der Waals surface area contributed by atoms with E-state index in [1.54, 1.807) is 6.20 Å². The highest BCUT2D eigenvalue weighted by Gasteiger charge is 2.29. The summed E-state index contributed by atoms with van der Waals surface area (Å²) in [7, 11) is 0. The summed E-state index contributed by atoms with van der Waals surface area (Å²) in [5.74, 6) is 2.67. The predicted molar refractivity (Wildman–Crippen MR) is 132 cm³/mol. The number of carbonyl (C=O) groups is 1. The van der Waals surface area contributed by atoms with Crippen LogP contribution in [0.25, 0.3) is 22.3 Å². The van der Waals surface area contributed by atoms with Gasteiger partial charge in [-0.2, -0.15) is 5.10 Å². The molecule has 0 spiro atoms. The number of rotatable bonds is 5. The van der Waals surface area contributed by atoms with Crippen molar-refractivity contribution < 1.29 is 9.53 Å². The van der Waals surface area contributed by atoms with E-state index in [2.05, 4.69) is 20.1 Å². The van der Waals surface area contributed by atoms with Crippen molar-refractivity contribution in [2.75, 3.05) is 26.2 Å². The van der Waals surface area contributed by atoms with Crippen molar-refractivity contribution in [3.63, 3.8) is 0 Å². The zero-order valence-corrected chi connectivity index (χ0v) is 19.8. The zero-order chi connectivity index (χ0) is 23.7. The molecule has 0 atom stereocenters. The zero-order valence-electron chi connectivity index (χ0n) is 19.8. The Labute approximate surface area is 198 Å². The molecule has 5 rings (SSSR count). The Bertz CT molecular complexity index is 1260. The molecule has 1 amide bonds. The number of aromatic amines is 2. The van der Waals surface area contributed by atoms with Crippen LogP contribution in [0.15, 0.2) is 54.7 Å². The molecule has 1 saturated heterocycles. The molecule has 2 aromatic heterocycles. The summed E-state index contributed by atoms with van der Waals surface area (Å²) in [6.07, 6.45) is 1.74. The van der Waals surface area contributed by atoms with Crippen molar-refractivity contribution in [2.45, 2.75) is 27.3 Å². The third-order valence-electron chi connectivity index (χ3n) is 6.08. The predicted octanol–water partition coefficient (Wildman–Crippen LogP) is 4.44. The van der Waals surface area contributed by atoms with Gasteiger partial charge in [0.2, 0.25) is 5.91 Å². The first kappa shape index (κ1) is 22.2. The number of ether oxygens (including phenoxy) is 1. The molecule has 8 nitrogen and oxygen atoms in total. The molecule has 3 heterocycles. The largest absolute Gasteiger partial charge is 0.457 e. The average Bonchev–Trinajstić information content (AvgIpc) is 3.49. The van der Waals surface area contributed by atoms with Gasteiger partial charge < -0.3 is 14.6 Å². The molecule has 8 heteroatoms.